The van der Waals surface area contributed by atoms with Crippen LogP contribution in [0, 0.1) is 5.82 Å². The molecule has 0 saturated heterocycles. The molecule has 2 aromatic heterocycles. The summed E-state index contributed by atoms with van der Waals surface area (Å²) in [6.45, 7) is 5.93. The molecule has 1 aromatic carbocycles. The normalized spacial score (nSPS) is 12.2. The predicted octanol–water partition coefficient (Wildman–Crippen LogP) is 5.08. The number of carbonyl (C=O) groups is 1. The Morgan fingerprint density at radius 2 is 2.06 bits per heavy atom. The molecule has 0 fully saturated rings. The maximum atomic E-state index is 13.6. The Balaban J connectivity index is 1.84. The van der Waals surface area contributed by atoms with Crippen molar-refractivity contribution < 1.29 is 18.7 Å². The van der Waals surface area contributed by atoms with Crippen LogP contribution in [0.5, 0.6) is 0 Å². The molecule has 0 amide bonds. The Bertz CT molecular complexity index is 995. The molecule has 31 heavy (non-hydrogen) atoms. The molecule has 0 spiro atoms. The highest BCUT2D eigenvalue weighted by Crippen LogP contribution is 2.34. The summed E-state index contributed by atoms with van der Waals surface area (Å²) in [6, 6.07) is 10.3. The Morgan fingerprint density at radius 1 is 1.23 bits per heavy atom. The summed E-state index contributed by atoms with van der Waals surface area (Å²) >= 11 is 1.41. The van der Waals surface area contributed by atoms with Crippen molar-refractivity contribution in [1.29, 1.82) is 0 Å². The molecule has 1 atom stereocenters. The SMILES string of the molecule is CC(=O)OCCOC(Cc1cccnc1)c1nc(Sc2cccc(F)c2)c(C(C)C)[nH]1. The smallest absolute Gasteiger partial charge is 0.302 e. The number of benzene rings is 1. The maximum absolute atomic E-state index is 13.6. The van der Waals surface area contributed by atoms with Gasteiger partial charge in [-0.05, 0) is 35.7 Å². The first-order valence-electron chi connectivity index (χ1n) is 10.1. The zero-order valence-corrected chi connectivity index (χ0v) is 18.6. The van der Waals surface area contributed by atoms with Crippen molar-refractivity contribution in [2.75, 3.05) is 13.2 Å². The number of halogens is 1. The summed E-state index contributed by atoms with van der Waals surface area (Å²) in [4.78, 5) is 24.2. The largest absolute Gasteiger partial charge is 0.463 e. The van der Waals surface area contributed by atoms with Gasteiger partial charge in [0, 0.05) is 30.6 Å². The molecule has 3 rings (SSSR count). The van der Waals surface area contributed by atoms with E-state index in [4.69, 9.17) is 14.5 Å². The highest BCUT2D eigenvalue weighted by atomic mass is 32.2. The molecule has 0 aliphatic rings. The van der Waals surface area contributed by atoms with Crippen LogP contribution in [0.3, 0.4) is 0 Å². The number of esters is 1. The average molecular weight is 444 g/mol. The van der Waals surface area contributed by atoms with Gasteiger partial charge < -0.3 is 14.5 Å². The Kier molecular flexibility index (Phi) is 8.20. The van der Waals surface area contributed by atoms with Crippen LogP contribution in [0.15, 0.2) is 58.7 Å². The van der Waals surface area contributed by atoms with Gasteiger partial charge in [-0.1, -0.05) is 37.7 Å². The number of nitrogens with zero attached hydrogens (tertiary/aromatic N) is 2. The van der Waals surface area contributed by atoms with Gasteiger partial charge >= 0.3 is 5.97 Å². The van der Waals surface area contributed by atoms with Crippen molar-refractivity contribution >= 4 is 17.7 Å². The van der Waals surface area contributed by atoms with Crippen molar-refractivity contribution in [3.63, 3.8) is 0 Å². The number of pyridine rings is 1. The summed E-state index contributed by atoms with van der Waals surface area (Å²) in [6.07, 6.45) is 3.69. The Labute approximate surface area is 185 Å². The van der Waals surface area contributed by atoms with Crippen LogP contribution >= 0.6 is 11.8 Å². The lowest BCUT2D eigenvalue weighted by Crippen LogP contribution is -2.15. The number of hydrogen-bond acceptors (Lipinski definition) is 6. The van der Waals surface area contributed by atoms with Gasteiger partial charge in [0.05, 0.1) is 12.3 Å². The van der Waals surface area contributed by atoms with Crippen molar-refractivity contribution in [2.45, 2.75) is 49.1 Å². The first-order valence-corrected chi connectivity index (χ1v) is 10.9. The number of carbonyl (C=O) groups excluding carboxylic acids is 1. The van der Waals surface area contributed by atoms with E-state index in [2.05, 4.69) is 23.8 Å². The molecule has 6 nitrogen and oxygen atoms in total. The van der Waals surface area contributed by atoms with Crippen molar-refractivity contribution in [2.24, 2.45) is 0 Å². The van der Waals surface area contributed by atoms with Gasteiger partial charge in [-0.25, -0.2) is 9.37 Å². The fourth-order valence-corrected chi connectivity index (χ4v) is 4.08. The minimum atomic E-state index is -0.376. The van der Waals surface area contributed by atoms with Crippen LogP contribution in [0.2, 0.25) is 0 Å². The lowest BCUT2D eigenvalue weighted by atomic mass is 10.1. The Morgan fingerprint density at radius 3 is 2.74 bits per heavy atom. The molecular weight excluding hydrogens is 417 g/mol. The number of aromatic nitrogens is 3. The van der Waals surface area contributed by atoms with Crippen LogP contribution in [-0.4, -0.2) is 34.1 Å². The third-order valence-electron chi connectivity index (χ3n) is 4.46. The summed E-state index contributed by atoms with van der Waals surface area (Å²) < 4.78 is 24.7. The van der Waals surface area contributed by atoms with E-state index in [1.807, 2.05) is 18.2 Å². The molecule has 0 aliphatic heterocycles. The molecule has 0 radical (unpaired) electrons. The third kappa shape index (κ3) is 6.90. The van der Waals surface area contributed by atoms with E-state index in [-0.39, 0.29) is 37.0 Å². The molecular formula is C23H26FN3O3S. The molecule has 0 bridgehead atoms. The number of H-pyrrole nitrogens is 1. The molecule has 1 N–H and O–H groups in total. The highest BCUT2D eigenvalue weighted by Gasteiger charge is 2.22. The molecule has 0 aliphatic carbocycles. The molecule has 0 saturated carbocycles. The lowest BCUT2D eigenvalue weighted by Gasteiger charge is -2.16. The number of nitrogens with one attached hydrogen (secondary N) is 1. The minimum Gasteiger partial charge on any atom is -0.463 e. The van der Waals surface area contributed by atoms with Crippen LogP contribution in [0.4, 0.5) is 4.39 Å². The number of hydrogen-bond donors (Lipinski definition) is 1. The predicted molar refractivity (Wildman–Crippen MR) is 116 cm³/mol. The topological polar surface area (TPSA) is 77.1 Å². The number of aromatic amines is 1. The number of ether oxygens (including phenoxy) is 2. The minimum absolute atomic E-state index is 0.168. The Hall–Kier alpha value is -2.71. The van der Waals surface area contributed by atoms with Crippen molar-refractivity contribution in [3.05, 3.63) is 71.7 Å². The standard InChI is InChI=1S/C23H26FN3O3S/c1-15(2)21-23(31-19-8-4-7-18(24)13-19)27-22(26-21)20(30-11-10-29-16(3)28)12-17-6-5-9-25-14-17/h4-9,13-15,20H,10-12H2,1-3H3,(H,26,27). The summed E-state index contributed by atoms with van der Waals surface area (Å²) in [5.41, 5.74) is 1.96. The zero-order valence-electron chi connectivity index (χ0n) is 17.8. The quantitative estimate of drug-likeness (QED) is 0.348. The van der Waals surface area contributed by atoms with E-state index in [0.717, 1.165) is 21.2 Å². The lowest BCUT2D eigenvalue weighted by molar-refractivity contribution is -0.143. The van der Waals surface area contributed by atoms with E-state index in [1.54, 1.807) is 18.5 Å². The van der Waals surface area contributed by atoms with Crippen molar-refractivity contribution in [3.8, 4) is 0 Å². The van der Waals surface area contributed by atoms with E-state index in [9.17, 15) is 9.18 Å². The number of imidazole rings is 1. The van der Waals surface area contributed by atoms with Crippen LogP contribution in [0.1, 0.15) is 49.9 Å². The molecule has 8 heteroatoms. The van der Waals surface area contributed by atoms with Gasteiger partial charge in [0.25, 0.3) is 0 Å². The first-order chi connectivity index (χ1) is 14.9. The first kappa shape index (κ1) is 23.0. The molecule has 3 aromatic rings. The maximum Gasteiger partial charge on any atom is 0.302 e. The van der Waals surface area contributed by atoms with Gasteiger partial charge in [0.1, 0.15) is 29.4 Å². The molecule has 1 unspecified atom stereocenters. The molecule has 164 valence electrons. The summed E-state index contributed by atoms with van der Waals surface area (Å²) in [5.74, 6) is 0.239. The second kappa shape index (κ2) is 11.1. The summed E-state index contributed by atoms with van der Waals surface area (Å²) in [5, 5.41) is 0.787. The highest BCUT2D eigenvalue weighted by molar-refractivity contribution is 7.99. The van der Waals surface area contributed by atoms with Gasteiger partial charge in [0.15, 0.2) is 0 Å². The van der Waals surface area contributed by atoms with Gasteiger partial charge in [-0.3, -0.25) is 9.78 Å². The van der Waals surface area contributed by atoms with E-state index >= 15 is 0 Å². The summed E-state index contributed by atoms with van der Waals surface area (Å²) in [7, 11) is 0. The van der Waals surface area contributed by atoms with Crippen LogP contribution < -0.4 is 0 Å². The van der Waals surface area contributed by atoms with Gasteiger partial charge in [-0.15, -0.1) is 0 Å². The fourth-order valence-electron chi connectivity index (χ4n) is 3.00. The van der Waals surface area contributed by atoms with Gasteiger partial charge in [-0.2, -0.15) is 0 Å². The van der Waals surface area contributed by atoms with E-state index in [0.29, 0.717) is 12.2 Å². The van der Waals surface area contributed by atoms with E-state index < -0.39 is 0 Å². The average Bonchev–Trinajstić information content (AvgIpc) is 3.15. The second-order valence-electron chi connectivity index (χ2n) is 7.32. The monoisotopic (exact) mass is 443 g/mol. The van der Waals surface area contributed by atoms with Gasteiger partial charge in [0.2, 0.25) is 0 Å². The zero-order chi connectivity index (χ0) is 22.2. The van der Waals surface area contributed by atoms with Crippen LogP contribution in [0.25, 0.3) is 0 Å². The van der Waals surface area contributed by atoms with Crippen molar-refractivity contribution in [1.82, 2.24) is 15.0 Å². The van der Waals surface area contributed by atoms with E-state index in [1.165, 1.54) is 30.8 Å². The third-order valence-corrected chi connectivity index (χ3v) is 5.45. The van der Waals surface area contributed by atoms with Crippen LogP contribution in [-0.2, 0) is 20.7 Å². The molecule has 2 heterocycles. The number of rotatable bonds is 10. The second-order valence-corrected chi connectivity index (χ2v) is 8.38. The fraction of sp³-hybridized carbons (Fsp3) is 0.348.